The predicted octanol–water partition coefficient (Wildman–Crippen LogP) is 2.59. The van der Waals surface area contributed by atoms with E-state index in [-0.39, 0.29) is 18.9 Å². The average Bonchev–Trinajstić information content (AvgIpc) is 3.08. The Balaban J connectivity index is 1.67. The van der Waals surface area contributed by atoms with Crippen molar-refractivity contribution in [3.05, 3.63) is 0 Å². The summed E-state index contributed by atoms with van der Waals surface area (Å²) in [5, 5.41) is 0. The van der Waals surface area contributed by atoms with E-state index in [1.54, 1.807) is 20.8 Å². The molecule has 5 nitrogen and oxygen atoms in total. The van der Waals surface area contributed by atoms with Gasteiger partial charge in [0.15, 0.2) is 0 Å². The fourth-order valence-corrected chi connectivity index (χ4v) is 4.17. The van der Waals surface area contributed by atoms with Crippen molar-refractivity contribution in [3.63, 3.8) is 0 Å². The lowest BCUT2D eigenvalue weighted by Crippen LogP contribution is -2.48. The van der Waals surface area contributed by atoms with Gasteiger partial charge in [0.25, 0.3) is 0 Å². The van der Waals surface area contributed by atoms with E-state index in [0.29, 0.717) is 11.8 Å². The molecule has 1 aliphatic carbocycles. The Labute approximate surface area is 137 Å². The Morgan fingerprint density at radius 2 is 1.70 bits per heavy atom. The zero-order valence-corrected chi connectivity index (χ0v) is 14.3. The highest BCUT2D eigenvalue weighted by molar-refractivity contribution is 5.86. The number of rotatable bonds is 1. The Morgan fingerprint density at radius 1 is 1.09 bits per heavy atom. The number of likely N-dealkylation sites (tertiary alicyclic amines) is 2. The van der Waals surface area contributed by atoms with Gasteiger partial charge in [0.05, 0.1) is 6.54 Å². The molecule has 23 heavy (non-hydrogen) atoms. The summed E-state index contributed by atoms with van der Waals surface area (Å²) in [6.45, 7) is 6.79. The second-order valence-corrected chi connectivity index (χ2v) is 8.18. The van der Waals surface area contributed by atoms with Gasteiger partial charge < -0.3 is 9.64 Å². The van der Waals surface area contributed by atoms with Crippen LogP contribution >= 0.6 is 0 Å². The van der Waals surface area contributed by atoms with Gasteiger partial charge in [-0.1, -0.05) is 6.42 Å². The van der Waals surface area contributed by atoms with E-state index >= 15 is 0 Å². The van der Waals surface area contributed by atoms with Gasteiger partial charge in [-0.3, -0.25) is 9.69 Å². The topological polar surface area (TPSA) is 49.9 Å². The van der Waals surface area contributed by atoms with Crippen LogP contribution < -0.4 is 0 Å². The molecule has 0 radical (unpaired) electrons. The first kappa shape index (κ1) is 16.5. The summed E-state index contributed by atoms with van der Waals surface area (Å²) in [7, 11) is 0. The quantitative estimate of drug-likeness (QED) is 0.744. The zero-order chi connectivity index (χ0) is 16.8. The van der Waals surface area contributed by atoms with Gasteiger partial charge in [0, 0.05) is 19.5 Å². The van der Waals surface area contributed by atoms with Crippen LogP contribution in [0.15, 0.2) is 0 Å². The van der Waals surface area contributed by atoms with Crippen LogP contribution in [0.2, 0.25) is 0 Å². The molecular weight excluding hydrogens is 299 g/mol. The van der Waals surface area contributed by atoms with Crippen molar-refractivity contribution in [2.75, 3.05) is 19.6 Å². The third kappa shape index (κ3) is 3.45. The number of halogens is 1. The van der Waals surface area contributed by atoms with Crippen LogP contribution in [0.4, 0.5) is 9.18 Å². The molecule has 2 saturated heterocycles. The summed E-state index contributed by atoms with van der Waals surface area (Å²) in [6.07, 6.45) is 1.96. The number of hydrogen-bond acceptors (Lipinski definition) is 3. The third-order valence-corrected chi connectivity index (χ3v) is 5.20. The Kier molecular flexibility index (Phi) is 4.27. The number of carbonyl (C=O) groups excluding carboxylic acids is 2. The van der Waals surface area contributed by atoms with Gasteiger partial charge in [-0.2, -0.15) is 0 Å². The van der Waals surface area contributed by atoms with Crippen LogP contribution in [0.5, 0.6) is 0 Å². The number of hydrogen-bond donors (Lipinski definition) is 0. The predicted molar refractivity (Wildman–Crippen MR) is 83.7 cm³/mol. The van der Waals surface area contributed by atoms with E-state index in [4.69, 9.17) is 4.74 Å². The molecule has 130 valence electrons. The van der Waals surface area contributed by atoms with Crippen molar-refractivity contribution in [2.45, 2.75) is 64.3 Å². The summed E-state index contributed by atoms with van der Waals surface area (Å²) in [4.78, 5) is 28.2. The molecule has 3 rings (SSSR count). The van der Waals surface area contributed by atoms with Gasteiger partial charge in [0.1, 0.15) is 17.8 Å². The highest BCUT2D eigenvalue weighted by Crippen LogP contribution is 2.38. The number of alkyl halides is 1. The van der Waals surface area contributed by atoms with Crippen LogP contribution in [0, 0.1) is 11.8 Å². The van der Waals surface area contributed by atoms with E-state index in [9.17, 15) is 14.0 Å². The highest BCUT2D eigenvalue weighted by atomic mass is 19.1. The molecule has 3 fully saturated rings. The van der Waals surface area contributed by atoms with Crippen LogP contribution in [0.1, 0.15) is 46.5 Å². The smallest absolute Gasteiger partial charge is 0.411 e. The molecule has 0 aromatic rings. The zero-order valence-electron chi connectivity index (χ0n) is 14.3. The number of fused-ring (bicyclic) bond motifs is 1. The fourth-order valence-electron chi connectivity index (χ4n) is 4.17. The maximum Gasteiger partial charge on any atom is 0.411 e. The molecule has 0 unspecified atom stereocenters. The highest BCUT2D eigenvalue weighted by Gasteiger charge is 2.46. The molecule has 2 aliphatic heterocycles. The summed E-state index contributed by atoms with van der Waals surface area (Å²) < 4.78 is 19.2. The Bertz CT molecular complexity index is 479. The van der Waals surface area contributed by atoms with Crippen molar-refractivity contribution in [3.8, 4) is 0 Å². The molecule has 0 N–H and O–H groups in total. The third-order valence-electron chi connectivity index (χ3n) is 5.20. The largest absolute Gasteiger partial charge is 0.444 e. The summed E-state index contributed by atoms with van der Waals surface area (Å²) in [6, 6.07) is -0.710. The first-order valence-corrected chi connectivity index (χ1v) is 8.67. The van der Waals surface area contributed by atoms with Crippen molar-refractivity contribution in [2.24, 2.45) is 11.8 Å². The number of nitrogens with zero attached hydrogens (tertiary/aromatic N) is 2. The van der Waals surface area contributed by atoms with E-state index in [2.05, 4.69) is 0 Å². The summed E-state index contributed by atoms with van der Waals surface area (Å²) in [5.74, 6) is 1.08. The molecule has 2 amide bonds. The van der Waals surface area contributed by atoms with Gasteiger partial charge in [-0.15, -0.1) is 0 Å². The molecule has 3 aliphatic rings. The molecule has 2 heterocycles. The number of carbonyl (C=O) groups is 2. The standard InChI is InChI=1S/C17H27FN2O3/c1-17(2,3)23-16(22)20-10-13(18)7-14(20)15(21)19-8-11-5-4-6-12(11)9-19/h11-14H,4-10H2,1-3H3/t11-,12-,13-,14+/m0/s1. The van der Waals surface area contributed by atoms with Crippen molar-refractivity contribution in [1.29, 1.82) is 0 Å². The molecule has 1 saturated carbocycles. The van der Waals surface area contributed by atoms with Gasteiger partial charge in [-0.05, 0) is 45.4 Å². The minimum absolute atomic E-state index is 0.0496. The van der Waals surface area contributed by atoms with Crippen LogP contribution in [0.3, 0.4) is 0 Å². The first-order valence-electron chi connectivity index (χ1n) is 8.67. The van der Waals surface area contributed by atoms with Crippen molar-refractivity contribution < 1.29 is 18.7 Å². The molecule has 0 bridgehead atoms. The molecular formula is C17H27FN2O3. The average molecular weight is 326 g/mol. The Hall–Kier alpha value is -1.33. The lowest BCUT2D eigenvalue weighted by atomic mass is 10.0. The molecule has 6 heteroatoms. The van der Waals surface area contributed by atoms with E-state index in [1.165, 1.54) is 24.2 Å². The van der Waals surface area contributed by atoms with Crippen molar-refractivity contribution >= 4 is 12.0 Å². The molecule has 4 atom stereocenters. The summed E-state index contributed by atoms with van der Waals surface area (Å²) in [5.41, 5.74) is -0.649. The number of ether oxygens (including phenoxy) is 1. The number of amides is 2. The molecule has 0 aromatic heterocycles. The minimum Gasteiger partial charge on any atom is -0.444 e. The van der Waals surface area contributed by atoms with Gasteiger partial charge in [0.2, 0.25) is 5.91 Å². The second-order valence-electron chi connectivity index (χ2n) is 8.18. The lowest BCUT2D eigenvalue weighted by molar-refractivity contribution is -0.135. The van der Waals surface area contributed by atoms with Gasteiger partial charge in [-0.25, -0.2) is 9.18 Å². The first-order chi connectivity index (χ1) is 10.7. The van der Waals surface area contributed by atoms with Crippen LogP contribution in [-0.4, -0.2) is 59.2 Å². The minimum atomic E-state index is -1.15. The van der Waals surface area contributed by atoms with Gasteiger partial charge >= 0.3 is 6.09 Å². The van der Waals surface area contributed by atoms with Crippen LogP contribution in [-0.2, 0) is 9.53 Å². The Morgan fingerprint density at radius 3 is 2.26 bits per heavy atom. The molecule has 0 aromatic carbocycles. The van der Waals surface area contributed by atoms with E-state index < -0.39 is 23.9 Å². The summed E-state index contributed by atoms with van der Waals surface area (Å²) >= 11 is 0. The molecule has 0 spiro atoms. The maximum atomic E-state index is 13.9. The van der Waals surface area contributed by atoms with Crippen molar-refractivity contribution in [1.82, 2.24) is 9.80 Å². The normalized spacial score (nSPS) is 33.9. The van der Waals surface area contributed by atoms with E-state index in [1.807, 2.05) is 4.90 Å². The van der Waals surface area contributed by atoms with Crippen LogP contribution in [0.25, 0.3) is 0 Å². The fraction of sp³-hybridized carbons (Fsp3) is 0.882. The monoisotopic (exact) mass is 326 g/mol. The van der Waals surface area contributed by atoms with E-state index in [0.717, 1.165) is 13.1 Å². The maximum absolute atomic E-state index is 13.9. The second kappa shape index (κ2) is 5.95. The lowest BCUT2D eigenvalue weighted by Gasteiger charge is -2.30. The SMILES string of the molecule is CC(C)(C)OC(=O)N1C[C@@H](F)C[C@@H]1C(=O)N1C[C@@H]2CCC[C@H]2C1.